The summed E-state index contributed by atoms with van der Waals surface area (Å²) in [5, 5.41) is 9.89. The predicted octanol–water partition coefficient (Wildman–Crippen LogP) is 4.15. The van der Waals surface area contributed by atoms with Crippen molar-refractivity contribution in [1.82, 2.24) is 0 Å². The van der Waals surface area contributed by atoms with E-state index in [1.165, 1.54) is 0 Å². The van der Waals surface area contributed by atoms with Crippen LogP contribution in [0.15, 0.2) is 42.5 Å². The Morgan fingerprint density at radius 3 is 2.48 bits per heavy atom. The number of rotatable bonds is 7. The van der Waals surface area contributed by atoms with Crippen LogP contribution >= 0.6 is 0 Å². The quantitative estimate of drug-likeness (QED) is 0.750. The first-order valence-electron chi connectivity index (χ1n) is 9.69. The van der Waals surface area contributed by atoms with Gasteiger partial charge in [-0.3, -0.25) is 9.59 Å². The molecule has 4 rings (SSSR count). The monoisotopic (exact) mass is 364 g/mol. The predicted molar refractivity (Wildman–Crippen MR) is 103 cm³/mol. The molecule has 2 atom stereocenters. The van der Waals surface area contributed by atoms with Crippen LogP contribution in [0.4, 0.5) is 0 Å². The van der Waals surface area contributed by atoms with E-state index >= 15 is 0 Å². The molecule has 2 aromatic carbocycles. The van der Waals surface area contributed by atoms with Crippen molar-refractivity contribution in [2.24, 2.45) is 5.92 Å². The Bertz CT molecular complexity index is 867. The van der Waals surface area contributed by atoms with Gasteiger partial charge in [0.25, 0.3) is 0 Å². The van der Waals surface area contributed by atoms with Gasteiger partial charge in [0.2, 0.25) is 0 Å². The zero-order valence-corrected chi connectivity index (χ0v) is 15.5. The van der Waals surface area contributed by atoms with Gasteiger partial charge >= 0.3 is 0 Å². The molecule has 1 N–H and O–H groups in total. The average molecular weight is 364 g/mol. The number of ketones is 2. The third kappa shape index (κ3) is 3.42. The Balaban J connectivity index is 1.83. The number of carbonyl (C=O) groups excluding carboxylic acids is 2. The summed E-state index contributed by atoms with van der Waals surface area (Å²) < 4.78 is 6.02. The number of ether oxygens (including phenoxy) is 1. The molecule has 0 saturated heterocycles. The molecular formula is C23H24O4. The standard InChI is InChI=1S/C23H24O4/c1-2-19(25)17-11-16(20(26)10-14-8-9-14)12-18-22(15-6-4-3-5-7-15)21(13-24)27-23(17)18/h3-7,11-12,14,21-22,24H,2,8-10,13H2,1H3/t21-,22+/m0/s1. The fourth-order valence-electron chi connectivity index (χ4n) is 3.89. The normalized spacial score (nSPS) is 20.8. The van der Waals surface area contributed by atoms with Gasteiger partial charge in [-0.25, -0.2) is 0 Å². The van der Waals surface area contributed by atoms with E-state index in [0.717, 1.165) is 24.0 Å². The van der Waals surface area contributed by atoms with Crippen LogP contribution in [0.25, 0.3) is 0 Å². The Morgan fingerprint density at radius 1 is 1.11 bits per heavy atom. The van der Waals surface area contributed by atoms with E-state index in [-0.39, 0.29) is 24.1 Å². The summed E-state index contributed by atoms with van der Waals surface area (Å²) in [4.78, 5) is 25.3. The summed E-state index contributed by atoms with van der Waals surface area (Å²) in [5.74, 6) is 0.867. The lowest BCUT2D eigenvalue weighted by Crippen LogP contribution is -2.24. The highest BCUT2D eigenvalue weighted by Crippen LogP contribution is 2.45. The molecule has 1 heterocycles. The van der Waals surface area contributed by atoms with Gasteiger partial charge in [0, 0.05) is 24.0 Å². The highest BCUT2D eigenvalue weighted by Gasteiger charge is 2.38. The van der Waals surface area contributed by atoms with E-state index in [2.05, 4.69) is 0 Å². The first-order chi connectivity index (χ1) is 13.1. The van der Waals surface area contributed by atoms with Gasteiger partial charge in [-0.05, 0) is 36.5 Å². The maximum atomic E-state index is 12.8. The molecule has 0 spiro atoms. The Hall–Kier alpha value is -2.46. The SMILES string of the molecule is CCC(=O)c1cc(C(=O)CC2CC2)cc2c1O[C@@H](CO)[C@@H]2c1ccccc1. The molecule has 140 valence electrons. The van der Waals surface area contributed by atoms with E-state index in [1.807, 2.05) is 36.4 Å². The minimum Gasteiger partial charge on any atom is -0.486 e. The van der Waals surface area contributed by atoms with Crippen LogP contribution < -0.4 is 4.74 Å². The Labute approximate surface area is 159 Å². The van der Waals surface area contributed by atoms with Crippen LogP contribution in [0.5, 0.6) is 5.75 Å². The third-order valence-corrected chi connectivity index (χ3v) is 5.55. The smallest absolute Gasteiger partial charge is 0.166 e. The van der Waals surface area contributed by atoms with Crippen molar-refractivity contribution in [2.45, 2.75) is 44.6 Å². The van der Waals surface area contributed by atoms with Crippen molar-refractivity contribution >= 4 is 11.6 Å². The number of hydrogen-bond acceptors (Lipinski definition) is 4. The molecule has 2 aromatic rings. The molecule has 2 aliphatic rings. The number of fused-ring (bicyclic) bond motifs is 1. The van der Waals surface area contributed by atoms with Crippen molar-refractivity contribution in [2.75, 3.05) is 6.61 Å². The minimum absolute atomic E-state index is 0.0438. The summed E-state index contributed by atoms with van der Waals surface area (Å²) in [6.45, 7) is 1.65. The summed E-state index contributed by atoms with van der Waals surface area (Å²) in [5.41, 5.74) is 2.89. The molecule has 0 aromatic heterocycles. The van der Waals surface area contributed by atoms with Crippen molar-refractivity contribution in [3.8, 4) is 5.75 Å². The van der Waals surface area contributed by atoms with Crippen LogP contribution in [-0.4, -0.2) is 29.4 Å². The lowest BCUT2D eigenvalue weighted by Gasteiger charge is -2.17. The van der Waals surface area contributed by atoms with Crippen LogP contribution in [0.1, 0.15) is 70.4 Å². The zero-order chi connectivity index (χ0) is 19.0. The van der Waals surface area contributed by atoms with Gasteiger partial charge < -0.3 is 9.84 Å². The summed E-state index contributed by atoms with van der Waals surface area (Å²) in [7, 11) is 0. The summed E-state index contributed by atoms with van der Waals surface area (Å²) in [6.07, 6.45) is 2.65. The molecule has 1 saturated carbocycles. The third-order valence-electron chi connectivity index (χ3n) is 5.55. The van der Waals surface area contributed by atoms with E-state index in [9.17, 15) is 14.7 Å². The first kappa shape index (κ1) is 17.9. The maximum absolute atomic E-state index is 12.8. The van der Waals surface area contributed by atoms with Crippen molar-refractivity contribution < 1.29 is 19.4 Å². The molecule has 0 unspecified atom stereocenters. The first-order valence-corrected chi connectivity index (χ1v) is 9.69. The molecule has 1 fully saturated rings. The van der Waals surface area contributed by atoms with Crippen LogP contribution in [0.2, 0.25) is 0 Å². The minimum atomic E-state index is -0.459. The summed E-state index contributed by atoms with van der Waals surface area (Å²) in [6, 6.07) is 13.4. The number of aliphatic hydroxyl groups is 1. The van der Waals surface area contributed by atoms with Gasteiger partial charge in [-0.15, -0.1) is 0 Å². The molecule has 0 radical (unpaired) electrons. The largest absolute Gasteiger partial charge is 0.486 e. The summed E-state index contributed by atoms with van der Waals surface area (Å²) >= 11 is 0. The lowest BCUT2D eigenvalue weighted by atomic mass is 9.85. The molecule has 0 amide bonds. The fourth-order valence-corrected chi connectivity index (χ4v) is 3.89. The fraction of sp³-hybridized carbons (Fsp3) is 0.391. The zero-order valence-electron chi connectivity index (χ0n) is 15.5. The molecule has 0 bridgehead atoms. The van der Waals surface area contributed by atoms with Gasteiger partial charge in [0.1, 0.15) is 11.9 Å². The molecular weight excluding hydrogens is 340 g/mol. The van der Waals surface area contributed by atoms with Crippen LogP contribution in [0.3, 0.4) is 0 Å². The van der Waals surface area contributed by atoms with E-state index < -0.39 is 6.10 Å². The van der Waals surface area contributed by atoms with E-state index in [1.54, 1.807) is 13.0 Å². The van der Waals surface area contributed by atoms with Gasteiger partial charge in [-0.1, -0.05) is 37.3 Å². The number of aliphatic hydroxyl groups excluding tert-OH is 1. The average Bonchev–Trinajstić information content (AvgIpc) is 3.43. The van der Waals surface area contributed by atoms with E-state index in [4.69, 9.17) is 4.74 Å². The molecule has 27 heavy (non-hydrogen) atoms. The van der Waals surface area contributed by atoms with Gasteiger partial charge in [-0.2, -0.15) is 0 Å². The highest BCUT2D eigenvalue weighted by molar-refractivity contribution is 6.04. The molecule has 1 aliphatic heterocycles. The van der Waals surface area contributed by atoms with Crippen molar-refractivity contribution in [1.29, 1.82) is 0 Å². The van der Waals surface area contributed by atoms with E-state index in [0.29, 0.717) is 35.6 Å². The van der Waals surface area contributed by atoms with Crippen molar-refractivity contribution in [3.63, 3.8) is 0 Å². The Morgan fingerprint density at radius 2 is 1.85 bits per heavy atom. The Kier molecular flexibility index (Phi) is 4.83. The topological polar surface area (TPSA) is 63.6 Å². The maximum Gasteiger partial charge on any atom is 0.166 e. The second-order valence-electron chi connectivity index (χ2n) is 7.52. The number of hydrogen-bond donors (Lipinski definition) is 1. The van der Waals surface area contributed by atoms with Crippen LogP contribution in [-0.2, 0) is 0 Å². The molecule has 4 heteroatoms. The van der Waals surface area contributed by atoms with Crippen molar-refractivity contribution in [3.05, 3.63) is 64.7 Å². The molecule has 1 aliphatic carbocycles. The second kappa shape index (κ2) is 7.28. The van der Waals surface area contributed by atoms with Crippen LogP contribution in [0, 0.1) is 5.92 Å². The van der Waals surface area contributed by atoms with Gasteiger partial charge in [0.15, 0.2) is 11.6 Å². The number of benzene rings is 2. The molecule has 4 nitrogen and oxygen atoms in total. The number of carbonyl (C=O) groups is 2. The second-order valence-corrected chi connectivity index (χ2v) is 7.52. The highest BCUT2D eigenvalue weighted by atomic mass is 16.5. The lowest BCUT2D eigenvalue weighted by molar-refractivity contribution is 0.0971. The van der Waals surface area contributed by atoms with Gasteiger partial charge in [0.05, 0.1) is 18.1 Å². The number of Topliss-reactive ketones (excluding diaryl/α,β-unsaturated/α-hetero) is 2.